The molecule has 4 N–H and O–H groups in total. The second kappa shape index (κ2) is 8.04. The Morgan fingerprint density at radius 2 is 0.949 bits per heavy atom. The Kier molecular flexibility index (Phi) is 5.22. The fourth-order valence-electron chi connectivity index (χ4n) is 6.61. The van der Waals surface area contributed by atoms with Crippen LogP contribution >= 0.6 is 0 Å². The van der Waals surface area contributed by atoms with Gasteiger partial charge in [-0.2, -0.15) is 26.3 Å². The number of anilines is 2. The van der Waals surface area contributed by atoms with Crippen LogP contribution < -0.4 is 11.5 Å². The standard InChI is InChI=1S/C31H24F6N2/c1-15-25(38)13-23(21-11-17-7-3-5-9-19(17)27(15)21)29(30(32,33)34,31(35,36)37)24-14-26(39)16(2)28-20-10-6-4-8-18(20)12-22(24)28/h3-10,13-14H,11-12,38-39H2,1-2H3. The molecule has 0 fully saturated rings. The molecule has 0 heterocycles. The summed E-state index contributed by atoms with van der Waals surface area (Å²) in [5.41, 5.74) is 10.0. The lowest BCUT2D eigenvalue weighted by atomic mass is 9.67. The maximum atomic E-state index is 15.5. The van der Waals surface area contributed by atoms with Crippen molar-refractivity contribution in [2.24, 2.45) is 0 Å². The summed E-state index contributed by atoms with van der Waals surface area (Å²) in [6.45, 7) is 3.25. The van der Waals surface area contributed by atoms with Crippen LogP contribution in [0.5, 0.6) is 0 Å². The summed E-state index contributed by atoms with van der Waals surface area (Å²) < 4.78 is 93.0. The van der Waals surface area contributed by atoms with Gasteiger partial charge in [0.25, 0.3) is 0 Å². The van der Waals surface area contributed by atoms with Gasteiger partial charge in [-0.25, -0.2) is 0 Å². The number of nitrogen functional groups attached to an aromatic ring is 2. The van der Waals surface area contributed by atoms with Crippen LogP contribution in [0.4, 0.5) is 37.7 Å². The average molecular weight is 539 g/mol. The summed E-state index contributed by atoms with van der Waals surface area (Å²) in [6, 6.07) is 15.5. The van der Waals surface area contributed by atoms with Gasteiger partial charge in [0.15, 0.2) is 0 Å². The molecule has 4 aromatic rings. The van der Waals surface area contributed by atoms with Gasteiger partial charge in [-0.05, 0) is 106 Å². The van der Waals surface area contributed by atoms with Gasteiger partial charge in [-0.1, -0.05) is 48.5 Å². The van der Waals surface area contributed by atoms with Crippen molar-refractivity contribution in [2.75, 3.05) is 11.5 Å². The van der Waals surface area contributed by atoms with Gasteiger partial charge in [-0.3, -0.25) is 0 Å². The van der Waals surface area contributed by atoms with Crippen LogP contribution in [-0.4, -0.2) is 12.4 Å². The van der Waals surface area contributed by atoms with Crippen LogP contribution in [0.15, 0.2) is 60.7 Å². The highest BCUT2D eigenvalue weighted by Gasteiger charge is 2.74. The smallest absolute Gasteiger partial charge is 0.398 e. The van der Waals surface area contributed by atoms with Crippen LogP contribution in [0.2, 0.25) is 0 Å². The van der Waals surface area contributed by atoms with E-state index in [9.17, 15) is 0 Å². The maximum absolute atomic E-state index is 15.5. The first-order valence-electron chi connectivity index (χ1n) is 12.4. The van der Waals surface area contributed by atoms with Gasteiger partial charge in [0.2, 0.25) is 5.41 Å². The van der Waals surface area contributed by atoms with E-state index in [0.717, 1.165) is 12.1 Å². The molecule has 2 aliphatic carbocycles. The second-order valence-electron chi connectivity index (χ2n) is 10.4. The fourth-order valence-corrected chi connectivity index (χ4v) is 6.61. The SMILES string of the molecule is Cc1c(N)cc(C(c2cc(N)c(C)c3c2Cc2ccccc2-3)(C(F)(F)F)C(F)(F)F)c2c1-c1ccccc1C2. The lowest BCUT2D eigenvalue weighted by Crippen LogP contribution is -2.56. The van der Waals surface area contributed by atoms with Gasteiger partial charge in [0.05, 0.1) is 0 Å². The van der Waals surface area contributed by atoms with Gasteiger partial charge < -0.3 is 11.5 Å². The molecule has 0 aromatic heterocycles. The molecule has 0 saturated heterocycles. The highest BCUT2D eigenvalue weighted by atomic mass is 19.4. The van der Waals surface area contributed by atoms with E-state index in [1.54, 1.807) is 62.4 Å². The van der Waals surface area contributed by atoms with Crippen molar-refractivity contribution in [1.82, 2.24) is 0 Å². The van der Waals surface area contributed by atoms with Crippen LogP contribution in [0.1, 0.15) is 44.5 Å². The predicted molar refractivity (Wildman–Crippen MR) is 141 cm³/mol. The highest BCUT2D eigenvalue weighted by Crippen LogP contribution is 2.62. The predicted octanol–water partition coefficient (Wildman–Crippen LogP) is 8.02. The maximum Gasteiger partial charge on any atom is 0.411 e. The summed E-state index contributed by atoms with van der Waals surface area (Å²) in [6.07, 6.45) is -11.7. The summed E-state index contributed by atoms with van der Waals surface area (Å²) in [7, 11) is 0. The van der Waals surface area contributed by atoms with Crippen LogP contribution in [-0.2, 0) is 18.3 Å². The lowest BCUT2D eigenvalue weighted by Gasteiger charge is -2.41. The minimum atomic E-state index is -5.76. The normalized spacial score (nSPS) is 14.2. The Morgan fingerprint density at radius 3 is 1.31 bits per heavy atom. The van der Waals surface area contributed by atoms with Crippen LogP contribution in [0.3, 0.4) is 0 Å². The molecule has 0 radical (unpaired) electrons. The molecular formula is C31H24F6N2. The third-order valence-corrected chi connectivity index (χ3v) is 8.44. The highest BCUT2D eigenvalue weighted by molar-refractivity contribution is 5.88. The van der Waals surface area contributed by atoms with Crippen LogP contribution in [0, 0.1) is 13.8 Å². The zero-order valence-corrected chi connectivity index (χ0v) is 21.1. The summed E-state index contributed by atoms with van der Waals surface area (Å²) in [5, 5.41) is 0. The van der Waals surface area contributed by atoms with Crippen molar-refractivity contribution < 1.29 is 26.3 Å². The first kappa shape index (κ1) is 25.3. The van der Waals surface area contributed by atoms with E-state index in [2.05, 4.69) is 0 Å². The van der Waals surface area contributed by atoms with Crippen molar-refractivity contribution >= 4 is 11.4 Å². The molecule has 0 unspecified atom stereocenters. The minimum Gasteiger partial charge on any atom is -0.398 e. The first-order chi connectivity index (χ1) is 18.3. The molecule has 39 heavy (non-hydrogen) atoms. The van der Waals surface area contributed by atoms with Crippen molar-refractivity contribution in [3.05, 3.63) is 105 Å². The van der Waals surface area contributed by atoms with Gasteiger partial charge in [0, 0.05) is 11.4 Å². The monoisotopic (exact) mass is 538 g/mol. The molecule has 0 bridgehead atoms. The third kappa shape index (κ3) is 3.23. The van der Waals surface area contributed by atoms with E-state index in [1.807, 2.05) is 0 Å². The molecule has 2 nitrogen and oxygen atoms in total. The van der Waals surface area contributed by atoms with Gasteiger partial charge in [-0.15, -0.1) is 0 Å². The molecule has 2 aliphatic rings. The van der Waals surface area contributed by atoms with E-state index < -0.39 is 28.9 Å². The number of halogens is 6. The molecule has 0 aliphatic heterocycles. The number of benzene rings is 4. The topological polar surface area (TPSA) is 52.0 Å². The largest absolute Gasteiger partial charge is 0.411 e. The Labute approximate surface area is 221 Å². The quantitative estimate of drug-likeness (QED) is 0.173. The molecule has 0 spiro atoms. The average Bonchev–Trinajstić information content (AvgIpc) is 3.43. The summed E-state index contributed by atoms with van der Waals surface area (Å²) in [5.74, 6) is 0. The van der Waals surface area contributed by atoms with Gasteiger partial charge >= 0.3 is 12.4 Å². The number of hydrogen-bond donors (Lipinski definition) is 2. The van der Waals surface area contributed by atoms with E-state index in [1.165, 1.54) is 0 Å². The van der Waals surface area contributed by atoms with E-state index in [-0.39, 0.29) is 35.3 Å². The third-order valence-electron chi connectivity index (χ3n) is 8.44. The molecular weight excluding hydrogens is 514 g/mol. The van der Waals surface area contributed by atoms with Crippen molar-refractivity contribution in [2.45, 2.75) is 44.5 Å². The lowest BCUT2D eigenvalue weighted by molar-refractivity contribution is -0.288. The molecule has 0 amide bonds. The zero-order valence-electron chi connectivity index (χ0n) is 21.1. The number of hydrogen-bond acceptors (Lipinski definition) is 2. The van der Waals surface area contributed by atoms with E-state index in [4.69, 9.17) is 11.5 Å². The van der Waals surface area contributed by atoms with Crippen molar-refractivity contribution in [3.63, 3.8) is 0 Å². The molecule has 4 aromatic carbocycles. The van der Waals surface area contributed by atoms with Crippen LogP contribution in [0.25, 0.3) is 22.3 Å². The molecule has 0 atom stereocenters. The Hall–Kier alpha value is -3.94. The molecule has 0 saturated carbocycles. The molecule has 8 heteroatoms. The number of nitrogens with two attached hydrogens (primary N) is 2. The fraction of sp³-hybridized carbons (Fsp3) is 0.226. The zero-order chi connectivity index (χ0) is 28.1. The molecule has 6 rings (SSSR count). The van der Waals surface area contributed by atoms with E-state index in [0.29, 0.717) is 44.5 Å². The van der Waals surface area contributed by atoms with E-state index >= 15 is 26.3 Å². The molecule has 200 valence electrons. The summed E-state index contributed by atoms with van der Waals surface area (Å²) in [4.78, 5) is 0. The Bertz CT molecular complexity index is 1560. The Morgan fingerprint density at radius 1 is 0.590 bits per heavy atom. The minimum absolute atomic E-state index is 0.0130. The number of alkyl halides is 6. The number of fused-ring (bicyclic) bond motifs is 6. The Balaban J connectivity index is 1.79. The van der Waals surface area contributed by atoms with Crippen molar-refractivity contribution in [1.29, 1.82) is 0 Å². The summed E-state index contributed by atoms with van der Waals surface area (Å²) >= 11 is 0. The second-order valence-corrected chi connectivity index (χ2v) is 10.4. The first-order valence-corrected chi connectivity index (χ1v) is 12.4. The van der Waals surface area contributed by atoms with Crippen molar-refractivity contribution in [3.8, 4) is 22.3 Å². The van der Waals surface area contributed by atoms with Gasteiger partial charge in [0.1, 0.15) is 0 Å². The number of rotatable bonds is 2.